The van der Waals surface area contributed by atoms with Crippen LogP contribution in [0, 0.1) is 5.92 Å². The van der Waals surface area contributed by atoms with E-state index in [2.05, 4.69) is 4.98 Å². The van der Waals surface area contributed by atoms with Gasteiger partial charge in [-0.25, -0.2) is 9.59 Å². The van der Waals surface area contributed by atoms with Crippen molar-refractivity contribution in [1.29, 1.82) is 0 Å². The number of nitrogens with zero attached hydrogens (tertiary/aromatic N) is 1. The zero-order chi connectivity index (χ0) is 25.2. The number of hydrogen-bond acceptors (Lipinski definition) is 3. The van der Waals surface area contributed by atoms with Crippen LogP contribution < -0.4 is 0 Å². The second-order valence-corrected chi connectivity index (χ2v) is 5.93. The lowest BCUT2D eigenvalue weighted by atomic mass is 9.88. The van der Waals surface area contributed by atoms with Crippen LogP contribution in [0.15, 0.2) is 60.8 Å². The van der Waals surface area contributed by atoms with Crippen molar-refractivity contribution in [3.8, 4) is 0 Å². The molecule has 1 heterocycles. The quantitative estimate of drug-likeness (QED) is 0.643. The van der Waals surface area contributed by atoms with E-state index in [1.165, 1.54) is 0 Å². The Hall–Kier alpha value is -2.66. The van der Waals surface area contributed by atoms with E-state index in [1.807, 2.05) is 24.3 Å². The van der Waals surface area contributed by atoms with E-state index in [1.54, 1.807) is 24.4 Å². The van der Waals surface area contributed by atoms with E-state index >= 15 is 0 Å². The Bertz CT molecular complexity index is 901. The molecule has 2 N–H and O–H groups in total. The lowest BCUT2D eigenvalue weighted by molar-refractivity contribution is -0.134. The van der Waals surface area contributed by atoms with Crippen molar-refractivity contribution in [2.24, 2.45) is 5.92 Å². The zero-order valence-corrected chi connectivity index (χ0v) is 15.1. The number of halogens is 1. The number of carbonyl (C=O) groups is 2. The van der Waals surface area contributed by atoms with Gasteiger partial charge in [0.2, 0.25) is 0 Å². The number of hydrogen-bond donors (Lipinski definition) is 2. The molecule has 0 saturated carbocycles. The molecule has 0 spiro atoms. The molecule has 0 unspecified atom stereocenters. The fraction of sp³-hybridized carbons (Fsp3) is 0.286. The third kappa shape index (κ3) is 9.56. The summed E-state index contributed by atoms with van der Waals surface area (Å²) < 4.78 is 45.4. The summed E-state index contributed by atoms with van der Waals surface area (Å²) >= 11 is 5.95. The average Bonchev–Trinajstić information content (AvgIpc) is 2.70. The fourth-order valence-electron chi connectivity index (χ4n) is 2.24. The predicted molar refractivity (Wildman–Crippen MR) is 106 cm³/mol. The first kappa shape index (κ1) is 14.4. The van der Waals surface area contributed by atoms with Crippen LogP contribution in [0.3, 0.4) is 0 Å². The van der Waals surface area contributed by atoms with Crippen molar-refractivity contribution >= 4 is 23.5 Å². The number of benzene rings is 1. The van der Waals surface area contributed by atoms with Gasteiger partial charge in [-0.2, -0.15) is 0 Å². The monoisotopic (exact) mass is 395 g/mol. The highest BCUT2D eigenvalue weighted by Crippen LogP contribution is 2.30. The zero-order valence-electron chi connectivity index (χ0n) is 20.4. The second kappa shape index (κ2) is 11.9. The molecular formula is C21H24ClNO4. The first-order valence-corrected chi connectivity index (χ1v) is 8.40. The highest BCUT2D eigenvalue weighted by molar-refractivity contribution is 6.30. The SMILES string of the molecule is O=C(O)/C=C\C(=O)O.[2H]C([2H])([2H])C(CC[C@H](c1ccc(Cl)cc1)c1ccccn1)C([2H])([2H])[2H]. The second-order valence-electron chi connectivity index (χ2n) is 5.50. The van der Waals surface area contributed by atoms with Crippen LogP contribution in [0.4, 0.5) is 0 Å². The van der Waals surface area contributed by atoms with Crippen LogP contribution in [0.25, 0.3) is 0 Å². The van der Waals surface area contributed by atoms with Crippen molar-refractivity contribution in [1.82, 2.24) is 4.98 Å². The normalized spacial score (nSPS) is 15.9. The molecule has 0 fully saturated rings. The number of carboxylic acids is 2. The van der Waals surface area contributed by atoms with E-state index in [4.69, 9.17) is 30.0 Å². The van der Waals surface area contributed by atoms with Gasteiger partial charge in [-0.3, -0.25) is 4.98 Å². The molecule has 144 valence electrons. The number of rotatable bonds is 7. The molecule has 0 saturated heterocycles. The van der Waals surface area contributed by atoms with Gasteiger partial charge < -0.3 is 10.2 Å². The Balaban J connectivity index is 0.000000582. The van der Waals surface area contributed by atoms with Crippen LogP contribution in [-0.4, -0.2) is 27.1 Å². The first-order chi connectivity index (χ1) is 15.2. The minimum atomic E-state index is -2.53. The Morgan fingerprint density at radius 1 is 1.07 bits per heavy atom. The Kier molecular flexibility index (Phi) is 6.33. The molecule has 0 radical (unpaired) electrons. The van der Waals surface area contributed by atoms with E-state index in [-0.39, 0.29) is 12.3 Å². The largest absolute Gasteiger partial charge is 0.478 e. The van der Waals surface area contributed by atoms with Crippen molar-refractivity contribution in [3.05, 3.63) is 77.1 Å². The number of pyridine rings is 1. The summed E-state index contributed by atoms with van der Waals surface area (Å²) in [5, 5.41) is 16.2. The minimum Gasteiger partial charge on any atom is -0.478 e. The van der Waals surface area contributed by atoms with Gasteiger partial charge in [0.15, 0.2) is 0 Å². The fourth-order valence-corrected chi connectivity index (χ4v) is 2.36. The third-order valence-electron chi connectivity index (χ3n) is 3.43. The third-order valence-corrected chi connectivity index (χ3v) is 3.68. The standard InChI is InChI=1S/C17H20ClN.C4H4O4/c1-13(2)6-11-16(17-5-3-4-12-19-17)14-7-9-15(18)10-8-14;5-3(6)1-2-4(7)8/h3-5,7-10,12-13,16H,6,11H2,1-2H3;1-2H,(H,5,6)(H,7,8)/b;2-1-/t16-;/m1./s1/i1D3,2D3;. The van der Waals surface area contributed by atoms with Crippen LogP contribution in [0.1, 0.15) is 51.9 Å². The predicted octanol–water partition coefficient (Wildman–Crippen LogP) is 5.01. The molecule has 0 aliphatic heterocycles. The minimum absolute atomic E-state index is 0.0524. The highest BCUT2D eigenvalue weighted by atomic mass is 35.5. The molecule has 6 heteroatoms. The summed E-state index contributed by atoms with van der Waals surface area (Å²) in [5.74, 6) is -4.07. The van der Waals surface area contributed by atoms with E-state index < -0.39 is 31.6 Å². The van der Waals surface area contributed by atoms with Gasteiger partial charge in [0.25, 0.3) is 0 Å². The smallest absolute Gasteiger partial charge is 0.328 e. The van der Waals surface area contributed by atoms with Crippen LogP contribution in [0.2, 0.25) is 5.02 Å². The summed E-state index contributed by atoms with van der Waals surface area (Å²) in [6.07, 6.45) is 3.21. The molecule has 2 rings (SSSR count). The van der Waals surface area contributed by atoms with E-state index in [0.29, 0.717) is 23.6 Å². The van der Waals surface area contributed by atoms with E-state index in [0.717, 1.165) is 11.3 Å². The van der Waals surface area contributed by atoms with Gasteiger partial charge in [-0.05, 0) is 42.2 Å². The van der Waals surface area contributed by atoms with Crippen molar-refractivity contribution in [2.45, 2.75) is 32.5 Å². The van der Waals surface area contributed by atoms with Crippen molar-refractivity contribution in [3.63, 3.8) is 0 Å². The van der Waals surface area contributed by atoms with Gasteiger partial charge in [-0.1, -0.05) is 49.9 Å². The molecule has 2 aromatic rings. The molecule has 0 aliphatic rings. The summed E-state index contributed by atoms with van der Waals surface area (Å²) in [4.78, 5) is 23.5. The van der Waals surface area contributed by atoms with Crippen molar-refractivity contribution in [2.75, 3.05) is 0 Å². The van der Waals surface area contributed by atoms with Crippen LogP contribution in [-0.2, 0) is 9.59 Å². The van der Waals surface area contributed by atoms with Gasteiger partial charge in [0.1, 0.15) is 0 Å². The molecule has 0 aliphatic carbocycles. The van der Waals surface area contributed by atoms with Crippen molar-refractivity contribution < 1.29 is 28.0 Å². The van der Waals surface area contributed by atoms with Gasteiger partial charge in [0.05, 0.1) is 0 Å². The molecule has 27 heavy (non-hydrogen) atoms. The number of carboxylic acid groups (broad SMARTS) is 2. The molecule has 1 atom stereocenters. The topological polar surface area (TPSA) is 87.5 Å². The number of aromatic nitrogens is 1. The summed E-state index contributed by atoms with van der Waals surface area (Å²) in [5.41, 5.74) is 1.71. The maximum atomic E-state index is 9.55. The lowest BCUT2D eigenvalue weighted by Gasteiger charge is -2.18. The average molecular weight is 396 g/mol. The summed E-state index contributed by atoms with van der Waals surface area (Å²) in [6, 6.07) is 12.8. The molecule has 0 bridgehead atoms. The lowest BCUT2D eigenvalue weighted by Crippen LogP contribution is -2.05. The Morgan fingerprint density at radius 2 is 1.70 bits per heavy atom. The summed E-state index contributed by atoms with van der Waals surface area (Å²) in [6.45, 7) is -5.06. The molecular weight excluding hydrogens is 366 g/mol. The van der Waals surface area contributed by atoms with E-state index in [9.17, 15) is 9.59 Å². The molecule has 1 aromatic heterocycles. The molecule has 5 nitrogen and oxygen atoms in total. The van der Waals surface area contributed by atoms with Crippen LogP contribution >= 0.6 is 11.6 Å². The van der Waals surface area contributed by atoms with Crippen LogP contribution in [0.5, 0.6) is 0 Å². The molecule has 1 aromatic carbocycles. The first-order valence-electron chi connectivity index (χ1n) is 11.0. The maximum Gasteiger partial charge on any atom is 0.328 e. The Morgan fingerprint density at radius 3 is 2.19 bits per heavy atom. The van der Waals surface area contributed by atoms with Gasteiger partial charge in [0, 0.05) is 43.2 Å². The Labute approximate surface area is 172 Å². The highest BCUT2D eigenvalue weighted by Gasteiger charge is 2.15. The number of aliphatic carboxylic acids is 2. The van der Waals surface area contributed by atoms with Gasteiger partial charge >= 0.3 is 11.9 Å². The maximum absolute atomic E-state index is 9.55. The summed E-state index contributed by atoms with van der Waals surface area (Å²) in [7, 11) is 0. The molecule has 0 amide bonds. The van der Waals surface area contributed by atoms with Gasteiger partial charge in [-0.15, -0.1) is 0 Å².